The first kappa shape index (κ1) is 13.2. The van der Waals surface area contributed by atoms with Gasteiger partial charge in [0.15, 0.2) is 0 Å². The lowest BCUT2D eigenvalue weighted by molar-refractivity contribution is 0.340. The number of hydrogen-bond donors (Lipinski definition) is 2. The fourth-order valence-electron chi connectivity index (χ4n) is 3.03. The van der Waals surface area contributed by atoms with Gasteiger partial charge in [0.05, 0.1) is 17.8 Å². The van der Waals surface area contributed by atoms with Crippen molar-refractivity contribution in [3.63, 3.8) is 0 Å². The molecule has 4 heteroatoms. The molecule has 3 rings (SSSR count). The number of fused-ring (bicyclic) bond motifs is 1. The van der Waals surface area contributed by atoms with E-state index >= 15 is 0 Å². The Morgan fingerprint density at radius 3 is 2.80 bits per heavy atom. The van der Waals surface area contributed by atoms with E-state index in [1.54, 1.807) is 0 Å². The van der Waals surface area contributed by atoms with Gasteiger partial charge in [-0.15, -0.1) is 0 Å². The van der Waals surface area contributed by atoms with Gasteiger partial charge in [0.1, 0.15) is 5.75 Å². The fourth-order valence-corrected chi connectivity index (χ4v) is 3.03. The van der Waals surface area contributed by atoms with Crippen LogP contribution in [0.1, 0.15) is 44.2 Å². The molecular weight excluding hydrogens is 250 g/mol. The summed E-state index contributed by atoms with van der Waals surface area (Å²) in [6.45, 7) is 2.64. The summed E-state index contributed by atoms with van der Waals surface area (Å²) >= 11 is 0. The summed E-state index contributed by atoms with van der Waals surface area (Å²) in [4.78, 5) is 4.82. The number of ether oxygens (including phenoxy) is 1. The number of nitrogens with two attached hydrogens (primary N) is 1. The number of aromatic nitrogens is 1. The molecule has 0 atom stereocenters. The lowest BCUT2D eigenvalue weighted by Crippen LogP contribution is -2.09. The highest BCUT2D eigenvalue weighted by molar-refractivity contribution is 5.92. The smallest absolute Gasteiger partial charge is 0.120 e. The lowest BCUT2D eigenvalue weighted by atomic mass is 10.0. The second kappa shape index (κ2) is 5.67. The molecule has 0 bridgehead atoms. The molecule has 0 aliphatic heterocycles. The molecule has 0 saturated heterocycles. The third-order valence-corrected chi connectivity index (χ3v) is 4.04. The fraction of sp³-hybridized carbons (Fsp3) is 0.438. The van der Waals surface area contributed by atoms with Crippen LogP contribution in [0.4, 0.5) is 5.69 Å². The Morgan fingerprint density at radius 1 is 1.30 bits per heavy atom. The van der Waals surface area contributed by atoms with E-state index in [0.717, 1.165) is 28.0 Å². The van der Waals surface area contributed by atoms with Gasteiger partial charge < -0.3 is 10.2 Å². The predicted octanol–water partition coefficient (Wildman–Crippen LogP) is 3.58. The average molecular weight is 271 g/mol. The highest BCUT2D eigenvalue weighted by atomic mass is 16.5. The van der Waals surface area contributed by atoms with E-state index in [-0.39, 0.29) is 0 Å². The SMILES string of the molecule is CCOc1ccc2nc(C3CCCC3)cc(NN)c2c1. The van der Waals surface area contributed by atoms with Crippen molar-refractivity contribution in [2.45, 2.75) is 38.5 Å². The normalized spacial score (nSPS) is 15.7. The van der Waals surface area contributed by atoms with Crippen LogP contribution in [0.3, 0.4) is 0 Å². The van der Waals surface area contributed by atoms with Crippen molar-refractivity contribution >= 4 is 16.6 Å². The third-order valence-electron chi connectivity index (χ3n) is 4.04. The Bertz CT molecular complexity index is 606. The first-order valence-corrected chi connectivity index (χ1v) is 7.36. The third kappa shape index (κ3) is 2.43. The quantitative estimate of drug-likeness (QED) is 0.659. The topological polar surface area (TPSA) is 60.2 Å². The number of nitrogens with zero attached hydrogens (tertiary/aromatic N) is 1. The Hall–Kier alpha value is -1.81. The van der Waals surface area contributed by atoms with E-state index in [1.807, 2.05) is 25.1 Å². The van der Waals surface area contributed by atoms with Crippen molar-refractivity contribution in [1.29, 1.82) is 0 Å². The van der Waals surface area contributed by atoms with Gasteiger partial charge in [-0.3, -0.25) is 10.8 Å². The molecule has 0 radical (unpaired) electrons. The zero-order chi connectivity index (χ0) is 13.9. The van der Waals surface area contributed by atoms with Gasteiger partial charge in [0.2, 0.25) is 0 Å². The molecule has 20 heavy (non-hydrogen) atoms. The van der Waals surface area contributed by atoms with Gasteiger partial charge in [-0.2, -0.15) is 0 Å². The van der Waals surface area contributed by atoms with Crippen molar-refractivity contribution in [1.82, 2.24) is 4.98 Å². The van der Waals surface area contributed by atoms with Gasteiger partial charge >= 0.3 is 0 Å². The van der Waals surface area contributed by atoms with Crippen LogP contribution >= 0.6 is 0 Å². The van der Waals surface area contributed by atoms with Crippen LogP contribution in [0.25, 0.3) is 10.9 Å². The molecule has 1 aromatic carbocycles. The van der Waals surface area contributed by atoms with Crippen molar-refractivity contribution in [2.24, 2.45) is 5.84 Å². The number of hydrogen-bond acceptors (Lipinski definition) is 4. The van der Waals surface area contributed by atoms with Gasteiger partial charge in [0, 0.05) is 17.0 Å². The molecular formula is C16H21N3O. The maximum absolute atomic E-state index is 5.69. The van der Waals surface area contributed by atoms with Crippen LogP contribution in [0, 0.1) is 0 Å². The van der Waals surface area contributed by atoms with Gasteiger partial charge in [-0.25, -0.2) is 0 Å². The average Bonchev–Trinajstić information content (AvgIpc) is 3.00. The summed E-state index contributed by atoms with van der Waals surface area (Å²) in [5.74, 6) is 7.12. The van der Waals surface area contributed by atoms with E-state index in [9.17, 15) is 0 Å². The lowest BCUT2D eigenvalue weighted by Gasteiger charge is -2.14. The van der Waals surface area contributed by atoms with E-state index < -0.39 is 0 Å². The number of hydrazine groups is 1. The predicted molar refractivity (Wildman–Crippen MR) is 81.9 cm³/mol. The molecule has 1 aliphatic rings. The zero-order valence-electron chi connectivity index (χ0n) is 11.9. The van der Waals surface area contributed by atoms with Crippen molar-refractivity contribution in [2.75, 3.05) is 12.0 Å². The van der Waals surface area contributed by atoms with E-state index in [2.05, 4.69) is 11.5 Å². The first-order chi connectivity index (χ1) is 9.81. The van der Waals surface area contributed by atoms with Crippen LogP contribution < -0.4 is 16.0 Å². The minimum atomic E-state index is 0.582. The summed E-state index contributed by atoms with van der Waals surface area (Å²) in [6, 6.07) is 8.07. The number of rotatable bonds is 4. The standard InChI is InChI=1S/C16H21N3O/c1-2-20-12-7-8-14-13(9-12)16(19-17)10-15(18-14)11-5-3-4-6-11/h7-11H,2-6,17H2,1H3,(H,18,19). The highest BCUT2D eigenvalue weighted by Crippen LogP contribution is 2.36. The summed E-state index contributed by atoms with van der Waals surface area (Å²) in [7, 11) is 0. The molecule has 2 aromatic rings. The van der Waals surface area contributed by atoms with E-state index in [0.29, 0.717) is 12.5 Å². The largest absolute Gasteiger partial charge is 0.494 e. The second-order valence-corrected chi connectivity index (χ2v) is 5.33. The van der Waals surface area contributed by atoms with Crippen LogP contribution in [0.15, 0.2) is 24.3 Å². The Labute approximate surface area is 119 Å². The Morgan fingerprint density at radius 2 is 2.10 bits per heavy atom. The summed E-state index contributed by atoms with van der Waals surface area (Å²) in [5.41, 5.74) is 5.87. The summed E-state index contributed by atoms with van der Waals surface area (Å²) in [6.07, 6.45) is 5.08. The molecule has 1 saturated carbocycles. The summed E-state index contributed by atoms with van der Waals surface area (Å²) < 4.78 is 5.55. The van der Waals surface area contributed by atoms with Crippen LogP contribution in [-0.2, 0) is 0 Å². The van der Waals surface area contributed by atoms with Crippen LogP contribution in [0.5, 0.6) is 5.75 Å². The summed E-state index contributed by atoms with van der Waals surface area (Å²) in [5, 5.41) is 1.01. The Balaban J connectivity index is 2.06. The minimum Gasteiger partial charge on any atom is -0.494 e. The molecule has 1 aromatic heterocycles. The van der Waals surface area contributed by atoms with Crippen LogP contribution in [0.2, 0.25) is 0 Å². The van der Waals surface area contributed by atoms with Gasteiger partial charge in [-0.05, 0) is 44.0 Å². The van der Waals surface area contributed by atoms with Gasteiger partial charge in [0.25, 0.3) is 0 Å². The Kier molecular flexibility index (Phi) is 3.74. The monoisotopic (exact) mass is 271 g/mol. The van der Waals surface area contributed by atoms with Crippen molar-refractivity contribution < 1.29 is 4.74 Å². The molecule has 1 fully saturated rings. The van der Waals surface area contributed by atoms with Gasteiger partial charge in [-0.1, -0.05) is 12.8 Å². The van der Waals surface area contributed by atoms with E-state index in [4.69, 9.17) is 15.6 Å². The second-order valence-electron chi connectivity index (χ2n) is 5.33. The molecule has 0 unspecified atom stereocenters. The van der Waals surface area contributed by atoms with Crippen LogP contribution in [-0.4, -0.2) is 11.6 Å². The molecule has 3 N–H and O–H groups in total. The number of nitrogen functional groups attached to an aromatic ring is 1. The molecule has 1 aliphatic carbocycles. The number of nitrogens with one attached hydrogen (secondary N) is 1. The zero-order valence-corrected chi connectivity index (χ0v) is 11.9. The molecule has 4 nitrogen and oxygen atoms in total. The minimum absolute atomic E-state index is 0.582. The van der Waals surface area contributed by atoms with E-state index in [1.165, 1.54) is 25.7 Å². The highest BCUT2D eigenvalue weighted by Gasteiger charge is 2.19. The van der Waals surface area contributed by atoms with Crippen molar-refractivity contribution in [3.05, 3.63) is 30.0 Å². The first-order valence-electron chi connectivity index (χ1n) is 7.36. The molecule has 1 heterocycles. The maximum Gasteiger partial charge on any atom is 0.120 e. The number of anilines is 1. The molecule has 0 spiro atoms. The maximum atomic E-state index is 5.69. The molecule has 0 amide bonds. The number of pyridine rings is 1. The molecule has 106 valence electrons. The van der Waals surface area contributed by atoms with Crippen molar-refractivity contribution in [3.8, 4) is 5.75 Å². The number of benzene rings is 1.